The van der Waals surface area contributed by atoms with Gasteiger partial charge in [0.05, 0.1) is 17.7 Å². The third-order valence-electron chi connectivity index (χ3n) is 6.76. The number of aliphatic hydroxyl groups is 1. The van der Waals surface area contributed by atoms with Crippen LogP contribution in [0.1, 0.15) is 31.4 Å². The summed E-state index contributed by atoms with van der Waals surface area (Å²) in [6, 6.07) is 6.59. The molecule has 3 aliphatic rings. The van der Waals surface area contributed by atoms with E-state index in [0.29, 0.717) is 23.4 Å². The highest BCUT2D eigenvalue weighted by atomic mass is 16.3. The minimum Gasteiger partial charge on any atom is -0.390 e. The fourth-order valence-corrected chi connectivity index (χ4v) is 5.28. The second kappa shape index (κ2) is 5.92. The maximum Gasteiger partial charge on any atom is 0.229 e. The number of hydrogen-bond donors (Lipinski definition) is 4. The lowest BCUT2D eigenvalue weighted by Gasteiger charge is -2.66. The van der Waals surface area contributed by atoms with Crippen LogP contribution in [0.4, 0.5) is 17.6 Å². The fraction of sp³-hybridized carbons (Fsp3) is 0.526. The minimum absolute atomic E-state index is 0.0755. The predicted octanol–water partition coefficient (Wildman–Crippen LogP) is 1.73. The van der Waals surface area contributed by atoms with Crippen molar-refractivity contribution in [2.45, 2.75) is 56.5 Å². The van der Waals surface area contributed by atoms with Gasteiger partial charge in [-0.2, -0.15) is 15.1 Å². The minimum atomic E-state index is -0.0755. The van der Waals surface area contributed by atoms with Gasteiger partial charge >= 0.3 is 0 Å². The van der Waals surface area contributed by atoms with E-state index in [1.165, 1.54) is 25.7 Å². The number of nitrogens with zero attached hydrogens (tertiary/aromatic N) is 5. The van der Waals surface area contributed by atoms with E-state index in [9.17, 15) is 5.11 Å². The van der Waals surface area contributed by atoms with E-state index in [2.05, 4.69) is 37.3 Å². The smallest absolute Gasteiger partial charge is 0.229 e. The molecule has 3 saturated heterocycles. The number of rotatable bonds is 5. The van der Waals surface area contributed by atoms with Gasteiger partial charge in [0.15, 0.2) is 5.82 Å². The van der Waals surface area contributed by atoms with Gasteiger partial charge < -0.3 is 20.3 Å². The summed E-state index contributed by atoms with van der Waals surface area (Å²) in [5, 5.41) is 20.4. The summed E-state index contributed by atoms with van der Waals surface area (Å²) in [7, 11) is 2.11. The van der Waals surface area contributed by atoms with E-state index in [1.807, 2.05) is 12.3 Å². The van der Waals surface area contributed by atoms with Gasteiger partial charge in [-0.3, -0.25) is 10.00 Å². The van der Waals surface area contributed by atoms with Crippen molar-refractivity contribution in [1.82, 2.24) is 30.0 Å². The molecule has 0 radical (unpaired) electrons. The lowest BCUT2D eigenvalue weighted by molar-refractivity contribution is -0.148. The summed E-state index contributed by atoms with van der Waals surface area (Å²) in [5.41, 5.74) is 1.47. The molecule has 2 unspecified atom stereocenters. The van der Waals surface area contributed by atoms with Gasteiger partial charge in [-0.15, -0.1) is 0 Å². The van der Waals surface area contributed by atoms with Crippen molar-refractivity contribution in [2.24, 2.45) is 0 Å². The van der Waals surface area contributed by atoms with Crippen LogP contribution in [0.2, 0.25) is 0 Å². The van der Waals surface area contributed by atoms with Crippen molar-refractivity contribution >= 4 is 28.6 Å². The third kappa shape index (κ3) is 2.36. The molecule has 3 aromatic heterocycles. The first-order chi connectivity index (χ1) is 13.7. The van der Waals surface area contributed by atoms with E-state index < -0.39 is 0 Å². The first-order valence-electron chi connectivity index (χ1n) is 9.97. The zero-order valence-electron chi connectivity index (χ0n) is 15.8. The van der Waals surface area contributed by atoms with Crippen molar-refractivity contribution in [3.63, 3.8) is 0 Å². The Bertz CT molecular complexity index is 1010. The SMILES string of the molecule is CN(c1nc(Nc2cc(CO)[nH]n2)c2cc[nH]c2n1)C1C[C@@H]2CC3C[C@H](C1)N32. The summed E-state index contributed by atoms with van der Waals surface area (Å²) in [5.74, 6) is 2.07. The Kier molecular flexibility index (Phi) is 3.45. The molecule has 0 aromatic carbocycles. The zero-order valence-corrected chi connectivity index (χ0v) is 15.8. The molecule has 0 amide bonds. The Morgan fingerprint density at radius 2 is 2.00 bits per heavy atom. The number of aliphatic hydroxyl groups excluding tert-OH is 1. The molecule has 9 heteroatoms. The lowest BCUT2D eigenvalue weighted by atomic mass is 9.68. The van der Waals surface area contributed by atoms with Crippen molar-refractivity contribution in [3.05, 3.63) is 24.0 Å². The number of H-pyrrole nitrogens is 2. The van der Waals surface area contributed by atoms with Crippen molar-refractivity contribution in [2.75, 3.05) is 17.3 Å². The molecule has 146 valence electrons. The highest BCUT2D eigenvalue weighted by Gasteiger charge is 2.55. The molecular weight excluding hydrogens is 356 g/mol. The van der Waals surface area contributed by atoms with Crippen LogP contribution in [-0.4, -0.2) is 66.4 Å². The second-order valence-electron chi connectivity index (χ2n) is 8.29. The number of aromatic amines is 2. The van der Waals surface area contributed by atoms with E-state index >= 15 is 0 Å². The average Bonchev–Trinajstić information content (AvgIpc) is 3.31. The summed E-state index contributed by atoms with van der Waals surface area (Å²) in [6.07, 6.45) is 6.97. The maximum absolute atomic E-state index is 9.25. The number of anilines is 3. The lowest BCUT2D eigenvalue weighted by Crippen LogP contribution is -2.74. The van der Waals surface area contributed by atoms with Gasteiger partial charge in [-0.05, 0) is 31.7 Å². The predicted molar refractivity (Wildman–Crippen MR) is 106 cm³/mol. The van der Waals surface area contributed by atoms with Gasteiger partial charge in [-0.1, -0.05) is 0 Å². The summed E-state index contributed by atoms with van der Waals surface area (Å²) in [6.45, 7) is -0.0755. The van der Waals surface area contributed by atoms with Crippen LogP contribution in [0.3, 0.4) is 0 Å². The van der Waals surface area contributed by atoms with Crippen LogP contribution in [0.25, 0.3) is 11.0 Å². The summed E-state index contributed by atoms with van der Waals surface area (Å²) in [4.78, 5) is 17.8. The molecule has 3 fully saturated rings. The Morgan fingerprint density at radius 1 is 1.21 bits per heavy atom. The van der Waals surface area contributed by atoms with Gasteiger partial charge in [-0.25, -0.2) is 0 Å². The van der Waals surface area contributed by atoms with Crippen molar-refractivity contribution in [1.29, 1.82) is 0 Å². The van der Waals surface area contributed by atoms with Crippen molar-refractivity contribution < 1.29 is 5.11 Å². The van der Waals surface area contributed by atoms with Crippen LogP contribution in [-0.2, 0) is 6.61 Å². The monoisotopic (exact) mass is 380 g/mol. The highest BCUT2D eigenvalue weighted by molar-refractivity contribution is 5.89. The molecule has 3 aromatic rings. The molecule has 28 heavy (non-hydrogen) atoms. The Balaban J connectivity index is 1.30. The Morgan fingerprint density at radius 3 is 2.71 bits per heavy atom. The van der Waals surface area contributed by atoms with Crippen LogP contribution in [0.5, 0.6) is 0 Å². The van der Waals surface area contributed by atoms with E-state index in [0.717, 1.165) is 35.1 Å². The number of hydrogen-bond acceptors (Lipinski definition) is 7. The molecule has 0 bridgehead atoms. The van der Waals surface area contributed by atoms with Crippen LogP contribution >= 0.6 is 0 Å². The van der Waals surface area contributed by atoms with Crippen LogP contribution in [0.15, 0.2) is 18.3 Å². The number of fused-ring (bicyclic) bond motifs is 1. The highest BCUT2D eigenvalue weighted by Crippen LogP contribution is 2.49. The van der Waals surface area contributed by atoms with Gasteiger partial charge in [0.2, 0.25) is 5.95 Å². The second-order valence-corrected chi connectivity index (χ2v) is 8.29. The average molecular weight is 380 g/mol. The van der Waals surface area contributed by atoms with Gasteiger partial charge in [0.25, 0.3) is 0 Å². The number of nitrogens with one attached hydrogen (secondary N) is 3. The normalized spacial score (nSPS) is 28.5. The van der Waals surface area contributed by atoms with E-state index in [1.54, 1.807) is 6.07 Å². The number of piperidine rings is 2. The summed E-state index contributed by atoms with van der Waals surface area (Å²) >= 11 is 0. The molecule has 9 nitrogen and oxygen atoms in total. The molecule has 0 spiro atoms. The maximum atomic E-state index is 9.25. The molecule has 4 N–H and O–H groups in total. The Labute approximate surface area is 162 Å². The third-order valence-corrected chi connectivity index (χ3v) is 6.76. The first kappa shape index (κ1) is 16.3. The molecular formula is C19H24N8O. The van der Waals surface area contributed by atoms with Gasteiger partial charge in [0, 0.05) is 43.5 Å². The quantitative estimate of drug-likeness (QED) is 0.534. The number of aromatic nitrogens is 5. The van der Waals surface area contributed by atoms with Crippen LogP contribution < -0.4 is 10.2 Å². The van der Waals surface area contributed by atoms with E-state index in [-0.39, 0.29) is 6.61 Å². The van der Waals surface area contributed by atoms with E-state index in [4.69, 9.17) is 9.97 Å². The molecule has 3 aliphatic heterocycles. The fourth-order valence-electron chi connectivity index (χ4n) is 5.28. The molecule has 0 saturated carbocycles. The van der Waals surface area contributed by atoms with Crippen LogP contribution in [0, 0.1) is 0 Å². The summed E-state index contributed by atoms with van der Waals surface area (Å²) < 4.78 is 0. The molecule has 4 atom stereocenters. The Hall–Kier alpha value is -2.65. The topological polar surface area (TPSA) is 109 Å². The first-order valence-corrected chi connectivity index (χ1v) is 9.97. The van der Waals surface area contributed by atoms with Gasteiger partial charge in [0.1, 0.15) is 11.5 Å². The molecule has 6 rings (SSSR count). The molecule has 0 aliphatic carbocycles. The largest absolute Gasteiger partial charge is 0.390 e. The van der Waals surface area contributed by atoms with Crippen molar-refractivity contribution in [3.8, 4) is 0 Å². The zero-order chi connectivity index (χ0) is 18.8. The standard InChI is InChI=1S/C19H24N8O/c1-26(11-5-12-7-14-8-13(6-11)27(12)14)19-22-17-15(2-3-20-17)18(23-19)21-16-4-10(9-28)24-25-16/h2-4,11-14,28H,5-9H2,1H3,(H3,20,21,22,23,24,25)/t11?,12-,13+,14?. The molecule has 6 heterocycles.